The lowest BCUT2D eigenvalue weighted by Crippen LogP contribution is -1.94. The Labute approximate surface area is 159 Å². The van der Waals surface area contributed by atoms with E-state index in [1.54, 1.807) is 0 Å². The van der Waals surface area contributed by atoms with Crippen LogP contribution in [0.3, 0.4) is 0 Å². The minimum Gasteiger partial charge on any atom is -0.309 e. The Morgan fingerprint density at radius 2 is 1.26 bits per heavy atom. The van der Waals surface area contributed by atoms with E-state index < -0.39 is 0 Å². The van der Waals surface area contributed by atoms with Gasteiger partial charge in [-0.15, -0.1) is 0 Å². The number of hydrogen-bond donors (Lipinski definition) is 0. The summed E-state index contributed by atoms with van der Waals surface area (Å²) in [6.07, 6.45) is 0. The van der Waals surface area contributed by atoms with Crippen molar-refractivity contribution in [1.29, 1.82) is 0 Å². The molecule has 0 atom stereocenters. The maximum Gasteiger partial charge on any atom is 0.0544 e. The van der Waals surface area contributed by atoms with Crippen LogP contribution < -0.4 is 0 Å². The van der Waals surface area contributed by atoms with Crippen molar-refractivity contribution < 1.29 is 0 Å². The van der Waals surface area contributed by atoms with Crippen molar-refractivity contribution in [3.63, 3.8) is 0 Å². The van der Waals surface area contributed by atoms with Crippen molar-refractivity contribution in [1.82, 2.24) is 4.57 Å². The molecule has 4 aromatic carbocycles. The quantitative estimate of drug-likeness (QED) is 0.322. The van der Waals surface area contributed by atoms with Gasteiger partial charge in [0.15, 0.2) is 0 Å². The van der Waals surface area contributed by atoms with Gasteiger partial charge in [0.25, 0.3) is 0 Å². The lowest BCUT2D eigenvalue weighted by molar-refractivity contribution is 1.18. The number of aryl methyl sites for hydroxylation is 2. The molecule has 5 aromatic rings. The molecule has 0 saturated carbocycles. The zero-order valence-corrected chi connectivity index (χ0v) is 15.6. The lowest BCUT2D eigenvalue weighted by Gasteiger charge is -2.12. The van der Waals surface area contributed by atoms with Gasteiger partial charge in [0.1, 0.15) is 0 Å². The van der Waals surface area contributed by atoms with Crippen LogP contribution in [-0.2, 0) is 0 Å². The average molecular weight is 347 g/mol. The molecule has 1 aromatic heterocycles. The Kier molecular flexibility index (Phi) is 3.61. The number of nitrogens with zero attached hydrogens (tertiary/aromatic N) is 1. The van der Waals surface area contributed by atoms with E-state index in [1.807, 2.05) is 0 Å². The lowest BCUT2D eigenvalue weighted by atomic mass is 9.94. The zero-order chi connectivity index (χ0) is 18.4. The van der Waals surface area contributed by atoms with E-state index >= 15 is 0 Å². The Hall–Kier alpha value is -3.32. The van der Waals surface area contributed by atoms with Gasteiger partial charge in [0.05, 0.1) is 11.0 Å². The van der Waals surface area contributed by atoms with Crippen LogP contribution in [0.4, 0.5) is 0 Å². The van der Waals surface area contributed by atoms with Crippen molar-refractivity contribution in [3.05, 3.63) is 102 Å². The average Bonchev–Trinajstić information content (AvgIpc) is 3.05. The fraction of sp³-hybridized carbons (Fsp3) is 0.0769. The molecule has 0 saturated heterocycles. The number of rotatable bonds is 2. The molecule has 0 amide bonds. The highest BCUT2D eigenvalue weighted by atomic mass is 15.0. The number of para-hydroxylation sites is 2. The van der Waals surface area contributed by atoms with E-state index in [2.05, 4.69) is 109 Å². The third-order valence-corrected chi connectivity index (χ3v) is 5.55. The van der Waals surface area contributed by atoms with Gasteiger partial charge in [0, 0.05) is 16.5 Å². The maximum atomic E-state index is 2.37. The predicted molar refractivity (Wildman–Crippen MR) is 116 cm³/mol. The summed E-state index contributed by atoms with van der Waals surface area (Å²) in [5.74, 6) is 0. The first-order chi connectivity index (χ1) is 13.3. The van der Waals surface area contributed by atoms with E-state index in [-0.39, 0.29) is 0 Å². The fourth-order valence-electron chi connectivity index (χ4n) is 4.26. The summed E-state index contributed by atoms with van der Waals surface area (Å²) in [7, 11) is 0. The van der Waals surface area contributed by atoms with Crippen molar-refractivity contribution in [2.45, 2.75) is 13.8 Å². The highest BCUT2D eigenvalue weighted by molar-refractivity contribution is 6.12. The largest absolute Gasteiger partial charge is 0.309 e. The van der Waals surface area contributed by atoms with E-state index in [4.69, 9.17) is 0 Å². The number of aromatic nitrogens is 1. The van der Waals surface area contributed by atoms with Crippen LogP contribution in [0.2, 0.25) is 0 Å². The van der Waals surface area contributed by atoms with Crippen molar-refractivity contribution in [2.24, 2.45) is 0 Å². The normalized spacial score (nSPS) is 11.3. The minimum atomic E-state index is 1.20. The summed E-state index contributed by atoms with van der Waals surface area (Å²) in [5.41, 5.74) is 9.00. The van der Waals surface area contributed by atoms with Crippen molar-refractivity contribution >= 4 is 21.8 Å². The highest BCUT2D eigenvalue weighted by Crippen LogP contribution is 2.38. The molecule has 0 aliphatic rings. The van der Waals surface area contributed by atoms with Gasteiger partial charge in [-0.05, 0) is 60.4 Å². The SMILES string of the molecule is Cc1ccccc1-c1ccc2c(c1C)c1ccccc1n2-c1ccccc1. The first kappa shape index (κ1) is 15.9. The van der Waals surface area contributed by atoms with E-state index in [9.17, 15) is 0 Å². The molecule has 1 heteroatoms. The third kappa shape index (κ3) is 2.39. The van der Waals surface area contributed by atoms with E-state index in [0.29, 0.717) is 0 Å². The molecule has 0 spiro atoms. The minimum absolute atomic E-state index is 1.20. The molecule has 0 bridgehead atoms. The molecule has 0 aliphatic heterocycles. The maximum absolute atomic E-state index is 2.37. The molecule has 27 heavy (non-hydrogen) atoms. The fourth-order valence-corrected chi connectivity index (χ4v) is 4.26. The molecule has 0 fully saturated rings. The molecule has 0 unspecified atom stereocenters. The summed E-state index contributed by atoms with van der Waals surface area (Å²) in [5, 5.41) is 2.65. The van der Waals surface area contributed by atoms with Crippen LogP contribution in [-0.4, -0.2) is 4.57 Å². The van der Waals surface area contributed by atoms with Crippen LogP contribution in [0, 0.1) is 13.8 Å². The van der Waals surface area contributed by atoms with Gasteiger partial charge in [-0.1, -0.05) is 66.7 Å². The molecule has 1 nitrogen and oxygen atoms in total. The monoisotopic (exact) mass is 347 g/mol. The first-order valence-electron chi connectivity index (χ1n) is 9.40. The molecule has 0 radical (unpaired) electrons. The topological polar surface area (TPSA) is 4.93 Å². The highest BCUT2D eigenvalue weighted by Gasteiger charge is 2.16. The summed E-state index contributed by atoms with van der Waals surface area (Å²) in [6, 6.07) is 32.5. The summed E-state index contributed by atoms with van der Waals surface area (Å²) in [4.78, 5) is 0. The van der Waals surface area contributed by atoms with Crippen molar-refractivity contribution in [3.8, 4) is 16.8 Å². The third-order valence-electron chi connectivity index (χ3n) is 5.55. The number of benzene rings is 4. The summed E-state index contributed by atoms with van der Waals surface area (Å²) in [6.45, 7) is 4.44. The summed E-state index contributed by atoms with van der Waals surface area (Å²) >= 11 is 0. The second kappa shape index (κ2) is 6.14. The predicted octanol–water partition coefficient (Wildman–Crippen LogP) is 7.07. The molecule has 5 rings (SSSR count). The van der Waals surface area contributed by atoms with E-state index in [0.717, 1.165) is 0 Å². The second-order valence-corrected chi connectivity index (χ2v) is 7.14. The Morgan fingerprint density at radius 3 is 2.07 bits per heavy atom. The number of hydrogen-bond acceptors (Lipinski definition) is 0. The molecular formula is C26H21N. The van der Waals surface area contributed by atoms with Gasteiger partial charge in [-0.3, -0.25) is 0 Å². The Bertz CT molecular complexity index is 1280. The standard InChI is InChI=1S/C26H21N/c1-18-10-6-7-13-21(18)22-16-17-25-26(19(22)2)23-14-8-9-15-24(23)27(25)20-11-4-3-5-12-20/h3-17H,1-2H3. The van der Waals surface area contributed by atoms with Gasteiger partial charge < -0.3 is 4.57 Å². The molecule has 130 valence electrons. The van der Waals surface area contributed by atoms with E-state index in [1.165, 1.54) is 49.7 Å². The Balaban J connectivity index is 1.91. The Morgan fingerprint density at radius 1 is 0.556 bits per heavy atom. The van der Waals surface area contributed by atoms with Crippen LogP contribution >= 0.6 is 0 Å². The van der Waals surface area contributed by atoms with Gasteiger partial charge in [0.2, 0.25) is 0 Å². The molecule has 1 heterocycles. The van der Waals surface area contributed by atoms with Crippen molar-refractivity contribution in [2.75, 3.05) is 0 Å². The van der Waals surface area contributed by atoms with Gasteiger partial charge in [-0.2, -0.15) is 0 Å². The number of fused-ring (bicyclic) bond motifs is 3. The van der Waals surface area contributed by atoms with Crippen LogP contribution in [0.1, 0.15) is 11.1 Å². The summed E-state index contributed by atoms with van der Waals surface area (Å²) < 4.78 is 2.37. The molecular weight excluding hydrogens is 326 g/mol. The smallest absolute Gasteiger partial charge is 0.0544 e. The van der Waals surface area contributed by atoms with Gasteiger partial charge >= 0.3 is 0 Å². The zero-order valence-electron chi connectivity index (χ0n) is 15.6. The first-order valence-corrected chi connectivity index (χ1v) is 9.40. The van der Waals surface area contributed by atoms with Crippen LogP contribution in [0.25, 0.3) is 38.6 Å². The second-order valence-electron chi connectivity index (χ2n) is 7.14. The molecule has 0 aliphatic carbocycles. The molecule has 0 N–H and O–H groups in total. The van der Waals surface area contributed by atoms with Crippen LogP contribution in [0.15, 0.2) is 91.0 Å². The van der Waals surface area contributed by atoms with Crippen LogP contribution in [0.5, 0.6) is 0 Å². The van der Waals surface area contributed by atoms with Gasteiger partial charge in [-0.25, -0.2) is 0 Å².